The Labute approximate surface area is 80.7 Å². The number of nitrogens with one attached hydrogen (secondary N) is 1. The van der Waals surface area contributed by atoms with E-state index >= 15 is 0 Å². The molecule has 76 valence electrons. The third-order valence-corrected chi connectivity index (χ3v) is 3.64. The average Bonchev–Trinajstić information content (AvgIpc) is 2.78. The fourth-order valence-electron chi connectivity index (χ4n) is 2.37. The molecule has 2 nitrogen and oxygen atoms in total. The maximum absolute atomic E-state index is 9.35. The largest absolute Gasteiger partial charge is 0.394 e. The second-order valence-electron chi connectivity index (χ2n) is 5.27. The van der Waals surface area contributed by atoms with Crippen molar-refractivity contribution >= 4 is 0 Å². The second-order valence-corrected chi connectivity index (χ2v) is 5.27. The summed E-state index contributed by atoms with van der Waals surface area (Å²) < 4.78 is 0. The summed E-state index contributed by atoms with van der Waals surface area (Å²) in [7, 11) is 0. The van der Waals surface area contributed by atoms with E-state index in [1.807, 2.05) is 0 Å². The van der Waals surface area contributed by atoms with E-state index in [0.29, 0.717) is 6.61 Å². The van der Waals surface area contributed by atoms with Gasteiger partial charge in [-0.25, -0.2) is 0 Å². The van der Waals surface area contributed by atoms with Gasteiger partial charge in [0, 0.05) is 11.6 Å². The fourth-order valence-corrected chi connectivity index (χ4v) is 2.37. The van der Waals surface area contributed by atoms with Crippen molar-refractivity contribution in [2.24, 2.45) is 11.8 Å². The summed E-state index contributed by atoms with van der Waals surface area (Å²) in [6.45, 7) is 4.89. The summed E-state index contributed by atoms with van der Waals surface area (Å²) in [6.07, 6.45) is 4.98. The zero-order valence-electron chi connectivity index (χ0n) is 8.71. The number of hydrogen-bond acceptors (Lipinski definition) is 2. The predicted molar refractivity (Wildman–Crippen MR) is 53.5 cm³/mol. The van der Waals surface area contributed by atoms with Crippen LogP contribution in [0.25, 0.3) is 0 Å². The second kappa shape index (κ2) is 3.25. The summed E-state index contributed by atoms with van der Waals surface area (Å²) in [4.78, 5) is 0. The Morgan fingerprint density at radius 2 is 2.00 bits per heavy atom. The Morgan fingerprint density at radius 3 is 2.38 bits per heavy atom. The SMILES string of the molecule is CC(C)C1CC(CO)(NC2CC2)C1. The first-order valence-electron chi connectivity index (χ1n) is 5.54. The van der Waals surface area contributed by atoms with Crippen LogP contribution in [-0.4, -0.2) is 23.3 Å². The van der Waals surface area contributed by atoms with E-state index in [4.69, 9.17) is 0 Å². The van der Waals surface area contributed by atoms with E-state index in [0.717, 1.165) is 17.9 Å². The highest BCUT2D eigenvalue weighted by molar-refractivity contribution is 5.04. The molecule has 0 bridgehead atoms. The quantitative estimate of drug-likeness (QED) is 0.693. The molecule has 2 rings (SSSR count). The van der Waals surface area contributed by atoms with Gasteiger partial charge in [0.05, 0.1) is 6.61 Å². The number of aliphatic hydroxyl groups is 1. The fraction of sp³-hybridized carbons (Fsp3) is 1.00. The van der Waals surface area contributed by atoms with Gasteiger partial charge in [0.2, 0.25) is 0 Å². The third kappa shape index (κ3) is 1.89. The van der Waals surface area contributed by atoms with Crippen LogP contribution in [0.3, 0.4) is 0 Å². The molecule has 0 aliphatic heterocycles. The lowest BCUT2D eigenvalue weighted by Crippen LogP contribution is -2.59. The molecule has 0 heterocycles. The lowest BCUT2D eigenvalue weighted by molar-refractivity contribution is 0.0174. The van der Waals surface area contributed by atoms with Gasteiger partial charge in [-0.1, -0.05) is 13.8 Å². The van der Waals surface area contributed by atoms with Crippen LogP contribution in [0.4, 0.5) is 0 Å². The van der Waals surface area contributed by atoms with E-state index in [1.165, 1.54) is 25.7 Å². The van der Waals surface area contributed by atoms with Crippen molar-refractivity contribution in [2.75, 3.05) is 6.61 Å². The molecule has 0 aromatic rings. The van der Waals surface area contributed by atoms with Crippen LogP contribution in [0.5, 0.6) is 0 Å². The summed E-state index contributed by atoms with van der Waals surface area (Å²) >= 11 is 0. The zero-order valence-corrected chi connectivity index (χ0v) is 8.71. The van der Waals surface area contributed by atoms with E-state index in [-0.39, 0.29) is 5.54 Å². The summed E-state index contributed by atoms with van der Waals surface area (Å²) in [6, 6.07) is 0.722. The normalized spacial score (nSPS) is 39.2. The van der Waals surface area contributed by atoms with Crippen LogP contribution in [0.1, 0.15) is 39.5 Å². The molecule has 2 fully saturated rings. The van der Waals surface area contributed by atoms with E-state index in [9.17, 15) is 5.11 Å². The number of rotatable bonds is 4. The van der Waals surface area contributed by atoms with Crippen LogP contribution >= 0.6 is 0 Å². The van der Waals surface area contributed by atoms with Gasteiger partial charge in [-0.2, -0.15) is 0 Å². The molecule has 0 spiro atoms. The Bertz CT molecular complexity index is 181. The van der Waals surface area contributed by atoms with Crippen molar-refractivity contribution in [1.29, 1.82) is 0 Å². The highest BCUT2D eigenvalue weighted by Gasteiger charge is 2.46. The monoisotopic (exact) mass is 183 g/mol. The van der Waals surface area contributed by atoms with E-state index in [1.54, 1.807) is 0 Å². The van der Waals surface area contributed by atoms with E-state index in [2.05, 4.69) is 19.2 Å². The zero-order chi connectivity index (χ0) is 9.47. The minimum atomic E-state index is 0.107. The molecule has 13 heavy (non-hydrogen) atoms. The van der Waals surface area contributed by atoms with Gasteiger partial charge in [0.1, 0.15) is 0 Å². The van der Waals surface area contributed by atoms with Crippen LogP contribution < -0.4 is 5.32 Å². The van der Waals surface area contributed by atoms with Gasteiger partial charge in [0.25, 0.3) is 0 Å². The number of hydrogen-bond donors (Lipinski definition) is 2. The summed E-state index contributed by atoms with van der Waals surface area (Å²) in [5.74, 6) is 1.61. The van der Waals surface area contributed by atoms with Crippen molar-refractivity contribution in [1.82, 2.24) is 5.32 Å². The molecule has 0 unspecified atom stereocenters. The van der Waals surface area contributed by atoms with Gasteiger partial charge in [-0.05, 0) is 37.5 Å². The van der Waals surface area contributed by atoms with Crippen LogP contribution in [0.2, 0.25) is 0 Å². The summed E-state index contributed by atoms with van der Waals surface area (Å²) in [5, 5.41) is 12.9. The number of aliphatic hydroxyl groups excluding tert-OH is 1. The highest BCUT2D eigenvalue weighted by Crippen LogP contribution is 2.43. The maximum Gasteiger partial charge on any atom is 0.0613 e. The molecular formula is C11H21NO. The molecule has 0 aromatic heterocycles. The smallest absolute Gasteiger partial charge is 0.0613 e. The Kier molecular flexibility index (Phi) is 2.37. The van der Waals surface area contributed by atoms with Crippen LogP contribution in [0.15, 0.2) is 0 Å². The lowest BCUT2D eigenvalue weighted by atomic mass is 9.64. The van der Waals surface area contributed by atoms with Crippen LogP contribution in [0, 0.1) is 11.8 Å². The molecule has 0 radical (unpaired) electrons. The van der Waals surface area contributed by atoms with Gasteiger partial charge >= 0.3 is 0 Å². The van der Waals surface area contributed by atoms with Crippen molar-refractivity contribution in [3.05, 3.63) is 0 Å². The van der Waals surface area contributed by atoms with Crippen LogP contribution in [-0.2, 0) is 0 Å². The first-order chi connectivity index (χ1) is 6.15. The molecular weight excluding hydrogens is 162 g/mol. The van der Waals surface area contributed by atoms with E-state index < -0.39 is 0 Å². The van der Waals surface area contributed by atoms with Gasteiger partial charge in [-0.15, -0.1) is 0 Å². The van der Waals surface area contributed by atoms with Gasteiger partial charge in [-0.3, -0.25) is 0 Å². The standard InChI is InChI=1S/C11H21NO/c1-8(2)9-5-11(6-9,7-13)12-10-3-4-10/h8-10,12-13H,3-7H2,1-2H3. The molecule has 0 aromatic carbocycles. The predicted octanol–water partition coefficient (Wildman–Crippen LogP) is 1.54. The Balaban J connectivity index is 1.82. The first kappa shape index (κ1) is 9.47. The topological polar surface area (TPSA) is 32.3 Å². The lowest BCUT2D eigenvalue weighted by Gasteiger charge is -2.49. The molecule has 0 saturated heterocycles. The minimum absolute atomic E-state index is 0.107. The molecule has 0 amide bonds. The van der Waals surface area contributed by atoms with Crippen molar-refractivity contribution in [3.63, 3.8) is 0 Å². The maximum atomic E-state index is 9.35. The van der Waals surface area contributed by atoms with Crippen molar-refractivity contribution < 1.29 is 5.11 Å². The molecule has 2 aliphatic carbocycles. The van der Waals surface area contributed by atoms with Crippen molar-refractivity contribution in [3.8, 4) is 0 Å². The molecule has 2 saturated carbocycles. The molecule has 2 N–H and O–H groups in total. The molecule has 0 atom stereocenters. The van der Waals surface area contributed by atoms with Gasteiger partial charge in [0.15, 0.2) is 0 Å². The first-order valence-corrected chi connectivity index (χ1v) is 5.54. The third-order valence-electron chi connectivity index (χ3n) is 3.64. The average molecular weight is 183 g/mol. The Hall–Kier alpha value is -0.0800. The minimum Gasteiger partial charge on any atom is -0.394 e. The molecule has 2 heteroatoms. The Morgan fingerprint density at radius 1 is 1.38 bits per heavy atom. The molecule has 2 aliphatic rings. The highest BCUT2D eigenvalue weighted by atomic mass is 16.3. The van der Waals surface area contributed by atoms with Crippen molar-refractivity contribution in [2.45, 2.75) is 51.1 Å². The summed E-state index contributed by atoms with van der Waals surface area (Å²) in [5.41, 5.74) is 0.107. The van der Waals surface area contributed by atoms with Gasteiger partial charge < -0.3 is 10.4 Å².